The third-order valence-corrected chi connectivity index (χ3v) is 7.32. The van der Waals surface area contributed by atoms with Crippen molar-refractivity contribution in [3.8, 4) is 0 Å². The fraction of sp³-hybridized carbons (Fsp3) is 0.700. The Labute approximate surface area is 165 Å². The van der Waals surface area contributed by atoms with Crippen LogP contribution in [0.4, 0.5) is 0 Å². The first-order valence-electron chi connectivity index (χ1n) is 10.2. The Morgan fingerprint density at radius 1 is 1.19 bits per heavy atom. The van der Waals surface area contributed by atoms with Crippen molar-refractivity contribution in [1.29, 1.82) is 0 Å². The summed E-state index contributed by atoms with van der Waals surface area (Å²) in [6.07, 6.45) is 8.75. The van der Waals surface area contributed by atoms with Gasteiger partial charge in [0.15, 0.2) is 10.2 Å². The molecule has 2 aromatic heterocycles. The van der Waals surface area contributed by atoms with Crippen LogP contribution in [0.2, 0.25) is 0 Å². The molecule has 6 nitrogen and oxygen atoms in total. The molecule has 0 bridgehead atoms. The number of aromatic nitrogens is 3. The van der Waals surface area contributed by atoms with Gasteiger partial charge < -0.3 is 13.9 Å². The van der Waals surface area contributed by atoms with Crippen molar-refractivity contribution in [2.24, 2.45) is 18.4 Å². The topological polar surface area (TPSA) is 50.3 Å². The summed E-state index contributed by atoms with van der Waals surface area (Å²) in [7, 11) is 1.95. The van der Waals surface area contributed by atoms with E-state index in [-0.39, 0.29) is 0 Å². The van der Waals surface area contributed by atoms with Crippen LogP contribution < -0.4 is 0 Å². The van der Waals surface area contributed by atoms with E-state index >= 15 is 0 Å². The normalized spacial score (nSPS) is 27.0. The predicted octanol–water partition coefficient (Wildman–Crippen LogP) is 3.26. The van der Waals surface area contributed by atoms with Gasteiger partial charge in [0, 0.05) is 26.7 Å². The van der Waals surface area contributed by atoms with Crippen molar-refractivity contribution in [2.45, 2.75) is 48.9 Å². The summed E-state index contributed by atoms with van der Waals surface area (Å²) < 4.78 is 7.97. The standard InChI is InChI=1S/C20H29N5OS/c1-23-15-21-22-19(23)27-18-6-5-17(26-18)12-25-10-8-20(14-25)7-2-9-24(13-20)11-16-3-4-16/h5-6,15-16H,2-4,7-14H2,1H3/t20-/m0/s1. The van der Waals surface area contributed by atoms with Crippen LogP contribution in [0.1, 0.15) is 37.9 Å². The van der Waals surface area contributed by atoms with Crippen LogP contribution in [0.25, 0.3) is 0 Å². The van der Waals surface area contributed by atoms with E-state index in [4.69, 9.17) is 4.42 Å². The number of furan rings is 1. The Morgan fingerprint density at radius 2 is 2.07 bits per heavy atom. The maximum absolute atomic E-state index is 6.06. The highest BCUT2D eigenvalue weighted by molar-refractivity contribution is 7.99. The Balaban J connectivity index is 1.17. The van der Waals surface area contributed by atoms with Gasteiger partial charge in [0.1, 0.15) is 12.1 Å². The van der Waals surface area contributed by atoms with Gasteiger partial charge >= 0.3 is 0 Å². The molecule has 0 radical (unpaired) electrons. The average molecular weight is 388 g/mol. The number of nitrogens with zero attached hydrogens (tertiary/aromatic N) is 5. The minimum Gasteiger partial charge on any atom is -0.453 e. The molecule has 146 valence electrons. The highest BCUT2D eigenvalue weighted by Crippen LogP contribution is 2.41. The summed E-state index contributed by atoms with van der Waals surface area (Å²) in [4.78, 5) is 5.35. The maximum Gasteiger partial charge on any atom is 0.198 e. The molecular formula is C20H29N5OS. The average Bonchev–Trinajstić information content (AvgIpc) is 3.01. The van der Waals surface area contributed by atoms with Gasteiger partial charge in [0.05, 0.1) is 6.54 Å². The largest absolute Gasteiger partial charge is 0.453 e. The highest BCUT2D eigenvalue weighted by atomic mass is 32.2. The van der Waals surface area contributed by atoms with E-state index in [2.05, 4.69) is 32.1 Å². The van der Waals surface area contributed by atoms with Crippen LogP contribution in [-0.2, 0) is 13.6 Å². The van der Waals surface area contributed by atoms with Gasteiger partial charge in [-0.2, -0.15) is 0 Å². The van der Waals surface area contributed by atoms with E-state index in [1.807, 2.05) is 11.6 Å². The molecule has 27 heavy (non-hydrogen) atoms. The van der Waals surface area contributed by atoms with Crippen molar-refractivity contribution in [2.75, 3.05) is 32.7 Å². The first-order chi connectivity index (χ1) is 13.2. The minimum atomic E-state index is 0.524. The Hall–Kier alpha value is -1.31. The van der Waals surface area contributed by atoms with Crippen molar-refractivity contribution in [1.82, 2.24) is 24.6 Å². The van der Waals surface area contributed by atoms with Crippen LogP contribution in [-0.4, -0.2) is 57.3 Å². The molecule has 1 spiro atoms. The Bertz CT molecular complexity index is 785. The van der Waals surface area contributed by atoms with Gasteiger partial charge in [-0.05, 0) is 80.4 Å². The minimum absolute atomic E-state index is 0.524. The molecular weight excluding hydrogens is 358 g/mol. The first-order valence-corrected chi connectivity index (χ1v) is 11.0. The molecule has 0 amide bonds. The van der Waals surface area contributed by atoms with Gasteiger partial charge in [-0.15, -0.1) is 10.2 Å². The predicted molar refractivity (Wildman–Crippen MR) is 105 cm³/mol. The van der Waals surface area contributed by atoms with Gasteiger partial charge in [0.2, 0.25) is 0 Å². The Kier molecular flexibility index (Phi) is 4.78. The lowest BCUT2D eigenvalue weighted by atomic mass is 9.79. The molecule has 1 atom stereocenters. The van der Waals surface area contributed by atoms with Gasteiger partial charge in [-0.3, -0.25) is 4.90 Å². The molecule has 4 heterocycles. The van der Waals surface area contributed by atoms with E-state index in [0.29, 0.717) is 5.41 Å². The van der Waals surface area contributed by atoms with E-state index < -0.39 is 0 Å². The number of aryl methyl sites for hydroxylation is 1. The molecule has 7 heteroatoms. The number of likely N-dealkylation sites (tertiary alicyclic amines) is 2. The number of piperidine rings is 1. The van der Waals surface area contributed by atoms with Gasteiger partial charge in [0.25, 0.3) is 0 Å². The summed E-state index contributed by atoms with van der Waals surface area (Å²) in [5.74, 6) is 2.06. The molecule has 0 aromatic carbocycles. The second kappa shape index (κ2) is 7.26. The second-order valence-electron chi connectivity index (χ2n) is 8.79. The summed E-state index contributed by atoms with van der Waals surface area (Å²) in [5, 5.41) is 9.78. The number of rotatable bonds is 6. The van der Waals surface area contributed by atoms with E-state index in [9.17, 15) is 0 Å². The fourth-order valence-electron chi connectivity index (χ4n) is 4.80. The van der Waals surface area contributed by atoms with Crippen LogP contribution in [0.3, 0.4) is 0 Å². The van der Waals surface area contributed by atoms with Crippen molar-refractivity contribution in [3.05, 3.63) is 24.2 Å². The monoisotopic (exact) mass is 387 g/mol. The molecule has 1 aliphatic carbocycles. The van der Waals surface area contributed by atoms with E-state index in [1.54, 1.807) is 6.33 Å². The lowest BCUT2D eigenvalue weighted by Gasteiger charge is -2.40. The molecule has 2 aliphatic heterocycles. The zero-order valence-corrected chi connectivity index (χ0v) is 17.0. The highest BCUT2D eigenvalue weighted by Gasteiger charge is 2.42. The fourth-order valence-corrected chi connectivity index (χ4v) is 5.54. The number of hydrogen-bond donors (Lipinski definition) is 0. The van der Waals surface area contributed by atoms with Gasteiger partial charge in [-0.1, -0.05) is 0 Å². The molecule has 2 saturated heterocycles. The quantitative estimate of drug-likeness (QED) is 0.758. The lowest BCUT2D eigenvalue weighted by Crippen LogP contribution is -2.45. The molecule has 0 unspecified atom stereocenters. The zero-order chi connectivity index (χ0) is 18.3. The first kappa shape index (κ1) is 17.8. The van der Waals surface area contributed by atoms with Crippen molar-refractivity contribution >= 4 is 11.8 Å². The summed E-state index contributed by atoms with van der Waals surface area (Å²) in [6, 6.07) is 4.17. The third kappa shape index (κ3) is 4.10. The molecule has 2 aromatic rings. The molecule has 3 aliphatic rings. The number of hydrogen-bond acceptors (Lipinski definition) is 6. The van der Waals surface area contributed by atoms with Crippen LogP contribution in [0.15, 0.2) is 33.1 Å². The zero-order valence-electron chi connectivity index (χ0n) is 16.1. The molecule has 3 fully saturated rings. The van der Waals surface area contributed by atoms with Crippen molar-refractivity contribution in [3.63, 3.8) is 0 Å². The molecule has 5 rings (SSSR count). The smallest absolute Gasteiger partial charge is 0.198 e. The summed E-state index contributed by atoms with van der Waals surface area (Å²) in [6.45, 7) is 7.32. The van der Waals surface area contributed by atoms with E-state index in [1.165, 1.54) is 76.6 Å². The lowest BCUT2D eigenvalue weighted by molar-refractivity contribution is 0.0874. The molecule has 1 saturated carbocycles. The summed E-state index contributed by atoms with van der Waals surface area (Å²) >= 11 is 1.53. The van der Waals surface area contributed by atoms with Crippen LogP contribution in [0.5, 0.6) is 0 Å². The van der Waals surface area contributed by atoms with E-state index in [0.717, 1.165) is 28.5 Å². The SMILES string of the molecule is Cn1cnnc1Sc1ccc(CN2CC[C@]3(CCCN(CC4CC4)C3)C2)o1. The van der Waals surface area contributed by atoms with Crippen molar-refractivity contribution < 1.29 is 4.42 Å². The Morgan fingerprint density at radius 3 is 2.89 bits per heavy atom. The summed E-state index contributed by atoms with van der Waals surface area (Å²) in [5.41, 5.74) is 0.524. The van der Waals surface area contributed by atoms with Gasteiger partial charge in [-0.25, -0.2) is 0 Å². The second-order valence-corrected chi connectivity index (χ2v) is 9.76. The van der Waals surface area contributed by atoms with Crippen LogP contribution in [0, 0.1) is 11.3 Å². The molecule has 0 N–H and O–H groups in total. The maximum atomic E-state index is 6.06. The third-order valence-electron chi connectivity index (χ3n) is 6.35. The van der Waals surface area contributed by atoms with Crippen LogP contribution >= 0.6 is 11.8 Å².